The summed E-state index contributed by atoms with van der Waals surface area (Å²) in [5.41, 5.74) is 6.65. The van der Waals surface area contributed by atoms with Gasteiger partial charge in [0.2, 0.25) is 0 Å². The number of benzene rings is 1. The minimum absolute atomic E-state index is 0.0988. The van der Waals surface area contributed by atoms with E-state index in [0.29, 0.717) is 29.7 Å². The maximum Gasteiger partial charge on any atom is 0.180 e. The van der Waals surface area contributed by atoms with Crippen molar-refractivity contribution in [2.45, 2.75) is 13.0 Å². The van der Waals surface area contributed by atoms with Crippen molar-refractivity contribution >= 4 is 11.6 Å². The number of nitrogens with two attached hydrogens (primary N) is 1. The second-order valence-electron chi connectivity index (χ2n) is 3.28. The van der Waals surface area contributed by atoms with Gasteiger partial charge in [-0.2, -0.15) is 0 Å². The van der Waals surface area contributed by atoms with Gasteiger partial charge in [0, 0.05) is 6.04 Å². The van der Waals surface area contributed by atoms with Gasteiger partial charge in [-0.15, -0.1) is 0 Å². The Morgan fingerprint density at radius 1 is 1.36 bits per heavy atom. The van der Waals surface area contributed by atoms with Crippen molar-refractivity contribution in [3.63, 3.8) is 0 Å². The molecule has 1 aromatic carbocycles. The van der Waals surface area contributed by atoms with Crippen LogP contribution in [0.5, 0.6) is 11.5 Å². The van der Waals surface area contributed by atoms with E-state index in [-0.39, 0.29) is 6.04 Å². The second kappa shape index (κ2) is 3.67. The standard InChI is InChI=1S/C10H12ClNO2/c1-6(12)7-2-3-8-10(9(7)11)14-5-4-13-8/h2-3,6H,4-5,12H2,1H3. The zero-order chi connectivity index (χ0) is 10.1. The minimum Gasteiger partial charge on any atom is -0.486 e. The van der Waals surface area contributed by atoms with Crippen LogP contribution in [0.1, 0.15) is 18.5 Å². The molecular formula is C10H12ClNO2. The van der Waals surface area contributed by atoms with E-state index in [4.69, 9.17) is 26.8 Å². The van der Waals surface area contributed by atoms with Crippen molar-refractivity contribution in [2.24, 2.45) is 5.73 Å². The van der Waals surface area contributed by atoms with Gasteiger partial charge < -0.3 is 15.2 Å². The number of hydrogen-bond donors (Lipinski definition) is 1. The molecule has 1 atom stereocenters. The highest BCUT2D eigenvalue weighted by molar-refractivity contribution is 6.33. The third-order valence-electron chi connectivity index (χ3n) is 2.17. The van der Waals surface area contributed by atoms with E-state index in [0.717, 1.165) is 5.56 Å². The second-order valence-corrected chi connectivity index (χ2v) is 3.66. The normalized spacial score (nSPS) is 16.5. The van der Waals surface area contributed by atoms with E-state index in [2.05, 4.69) is 0 Å². The van der Waals surface area contributed by atoms with Crippen molar-refractivity contribution in [1.82, 2.24) is 0 Å². The first-order chi connectivity index (χ1) is 6.70. The van der Waals surface area contributed by atoms with Crippen molar-refractivity contribution in [2.75, 3.05) is 13.2 Å². The van der Waals surface area contributed by atoms with E-state index in [9.17, 15) is 0 Å². The summed E-state index contributed by atoms with van der Waals surface area (Å²) in [4.78, 5) is 0. The molecule has 1 heterocycles. The summed E-state index contributed by atoms with van der Waals surface area (Å²) in [7, 11) is 0. The average Bonchev–Trinajstić information content (AvgIpc) is 2.18. The lowest BCUT2D eigenvalue weighted by Gasteiger charge is -2.21. The molecule has 76 valence electrons. The summed E-state index contributed by atoms with van der Waals surface area (Å²) in [5, 5.41) is 0.567. The van der Waals surface area contributed by atoms with Gasteiger partial charge in [-0.1, -0.05) is 17.7 Å². The molecule has 1 unspecified atom stereocenters. The highest BCUT2D eigenvalue weighted by atomic mass is 35.5. The topological polar surface area (TPSA) is 44.5 Å². The first-order valence-electron chi connectivity index (χ1n) is 4.53. The summed E-state index contributed by atoms with van der Waals surface area (Å²) in [6.07, 6.45) is 0. The fourth-order valence-corrected chi connectivity index (χ4v) is 1.83. The van der Waals surface area contributed by atoms with E-state index in [1.165, 1.54) is 0 Å². The first kappa shape index (κ1) is 9.62. The molecule has 1 aromatic rings. The van der Waals surface area contributed by atoms with Crippen molar-refractivity contribution < 1.29 is 9.47 Å². The Balaban J connectivity index is 2.49. The molecule has 0 aromatic heterocycles. The van der Waals surface area contributed by atoms with Gasteiger partial charge >= 0.3 is 0 Å². The van der Waals surface area contributed by atoms with Gasteiger partial charge in [0.05, 0.1) is 5.02 Å². The minimum atomic E-state index is -0.0988. The van der Waals surface area contributed by atoms with Crippen LogP contribution < -0.4 is 15.2 Å². The van der Waals surface area contributed by atoms with Crippen LogP contribution in [0.15, 0.2) is 12.1 Å². The molecule has 14 heavy (non-hydrogen) atoms. The number of fused-ring (bicyclic) bond motifs is 1. The third-order valence-corrected chi connectivity index (χ3v) is 2.56. The van der Waals surface area contributed by atoms with Crippen LogP contribution in [0.2, 0.25) is 5.02 Å². The van der Waals surface area contributed by atoms with Crippen LogP contribution in [0.3, 0.4) is 0 Å². The van der Waals surface area contributed by atoms with E-state index >= 15 is 0 Å². The fourth-order valence-electron chi connectivity index (χ4n) is 1.45. The summed E-state index contributed by atoms with van der Waals surface area (Å²) in [6.45, 7) is 2.99. The van der Waals surface area contributed by atoms with Crippen molar-refractivity contribution in [3.8, 4) is 11.5 Å². The molecule has 0 radical (unpaired) electrons. The molecule has 0 spiro atoms. The molecule has 0 aliphatic carbocycles. The van der Waals surface area contributed by atoms with E-state index in [1.807, 2.05) is 19.1 Å². The summed E-state index contributed by atoms with van der Waals surface area (Å²) in [6, 6.07) is 3.62. The highest BCUT2D eigenvalue weighted by Gasteiger charge is 2.19. The molecular weight excluding hydrogens is 202 g/mol. The third kappa shape index (κ3) is 1.53. The maximum absolute atomic E-state index is 6.14. The molecule has 0 saturated heterocycles. The predicted octanol–water partition coefficient (Wildman–Crippen LogP) is 2.13. The summed E-state index contributed by atoms with van der Waals surface area (Å²) in [5.74, 6) is 1.32. The number of ether oxygens (including phenoxy) is 2. The molecule has 0 amide bonds. The molecule has 2 N–H and O–H groups in total. The molecule has 0 saturated carbocycles. The van der Waals surface area contributed by atoms with Gasteiger partial charge in [-0.3, -0.25) is 0 Å². The maximum atomic E-state index is 6.14. The number of halogens is 1. The SMILES string of the molecule is CC(N)c1ccc2c(c1Cl)OCCO2. The lowest BCUT2D eigenvalue weighted by molar-refractivity contribution is 0.171. The fraction of sp³-hybridized carbons (Fsp3) is 0.400. The van der Waals surface area contributed by atoms with Crippen LogP contribution in [-0.2, 0) is 0 Å². The molecule has 0 bridgehead atoms. The Labute approximate surface area is 87.8 Å². The Hall–Kier alpha value is -0.930. The molecule has 1 aliphatic heterocycles. The van der Waals surface area contributed by atoms with Crippen molar-refractivity contribution in [3.05, 3.63) is 22.7 Å². The van der Waals surface area contributed by atoms with E-state index < -0.39 is 0 Å². The van der Waals surface area contributed by atoms with Gasteiger partial charge in [0.25, 0.3) is 0 Å². The van der Waals surface area contributed by atoms with Crippen LogP contribution in [0.4, 0.5) is 0 Å². The Morgan fingerprint density at radius 3 is 2.79 bits per heavy atom. The molecule has 0 fully saturated rings. The van der Waals surface area contributed by atoms with Crippen molar-refractivity contribution in [1.29, 1.82) is 0 Å². The van der Waals surface area contributed by atoms with Gasteiger partial charge in [0.1, 0.15) is 13.2 Å². The smallest absolute Gasteiger partial charge is 0.180 e. The summed E-state index contributed by atoms with van der Waals surface area (Å²) < 4.78 is 10.8. The molecule has 1 aliphatic rings. The Morgan fingerprint density at radius 2 is 2.07 bits per heavy atom. The lowest BCUT2D eigenvalue weighted by atomic mass is 10.1. The number of rotatable bonds is 1. The van der Waals surface area contributed by atoms with Crippen LogP contribution in [-0.4, -0.2) is 13.2 Å². The van der Waals surface area contributed by atoms with Gasteiger partial charge in [0.15, 0.2) is 11.5 Å². The lowest BCUT2D eigenvalue weighted by Crippen LogP contribution is -2.16. The first-order valence-corrected chi connectivity index (χ1v) is 4.91. The van der Waals surface area contributed by atoms with Crippen LogP contribution in [0, 0.1) is 0 Å². The van der Waals surface area contributed by atoms with E-state index in [1.54, 1.807) is 0 Å². The predicted molar refractivity (Wildman–Crippen MR) is 55.0 cm³/mol. The number of hydrogen-bond acceptors (Lipinski definition) is 3. The Bertz CT molecular complexity index is 352. The molecule has 3 nitrogen and oxygen atoms in total. The highest BCUT2D eigenvalue weighted by Crippen LogP contribution is 2.40. The van der Waals surface area contributed by atoms with Crippen LogP contribution in [0.25, 0.3) is 0 Å². The largest absolute Gasteiger partial charge is 0.486 e. The average molecular weight is 214 g/mol. The van der Waals surface area contributed by atoms with Gasteiger partial charge in [-0.05, 0) is 18.6 Å². The zero-order valence-electron chi connectivity index (χ0n) is 7.92. The summed E-state index contributed by atoms with van der Waals surface area (Å²) >= 11 is 6.14. The quantitative estimate of drug-likeness (QED) is 0.777. The van der Waals surface area contributed by atoms with Crippen LogP contribution >= 0.6 is 11.6 Å². The molecule has 4 heteroatoms. The Kier molecular flexibility index (Phi) is 2.52. The molecule has 2 rings (SSSR count). The monoisotopic (exact) mass is 213 g/mol. The zero-order valence-corrected chi connectivity index (χ0v) is 8.67. The van der Waals surface area contributed by atoms with Gasteiger partial charge in [-0.25, -0.2) is 0 Å².